The van der Waals surface area contributed by atoms with E-state index < -0.39 is 0 Å². The first-order valence-corrected chi connectivity index (χ1v) is 7.36. The number of piperidine rings is 1. The van der Waals surface area contributed by atoms with Crippen LogP contribution in [0.4, 0.5) is 17.8 Å². The van der Waals surface area contributed by atoms with Crippen LogP contribution >= 0.6 is 0 Å². The van der Waals surface area contributed by atoms with Crippen molar-refractivity contribution in [2.45, 2.75) is 19.3 Å². The van der Waals surface area contributed by atoms with E-state index in [1.807, 2.05) is 0 Å². The van der Waals surface area contributed by atoms with Gasteiger partial charge in [0.05, 0.1) is 19.8 Å². The molecule has 1 aliphatic heterocycles. The van der Waals surface area contributed by atoms with Crippen LogP contribution in [0.2, 0.25) is 0 Å². The van der Waals surface area contributed by atoms with Crippen LogP contribution in [0.1, 0.15) is 19.3 Å². The molecule has 8 nitrogen and oxygen atoms in total. The standard InChI is InChI=1S/C13H24N6O2/c1-20-9-10-21-8-5-15-12-16-11(14)17-13(18-12)19-6-3-2-4-7-19/h2-10H2,1H3,(H3,14,15,16,17,18). The van der Waals surface area contributed by atoms with Gasteiger partial charge in [-0.05, 0) is 19.3 Å². The van der Waals surface area contributed by atoms with E-state index in [0.29, 0.717) is 38.3 Å². The smallest absolute Gasteiger partial charge is 0.231 e. The lowest BCUT2D eigenvalue weighted by Gasteiger charge is -2.26. The highest BCUT2D eigenvalue weighted by Gasteiger charge is 2.15. The van der Waals surface area contributed by atoms with Crippen molar-refractivity contribution in [3.05, 3.63) is 0 Å². The Morgan fingerprint density at radius 1 is 1.10 bits per heavy atom. The third-order valence-electron chi connectivity index (χ3n) is 3.24. The largest absolute Gasteiger partial charge is 0.382 e. The Morgan fingerprint density at radius 2 is 1.90 bits per heavy atom. The minimum atomic E-state index is 0.244. The number of hydrogen-bond acceptors (Lipinski definition) is 8. The van der Waals surface area contributed by atoms with Crippen LogP contribution in [0.3, 0.4) is 0 Å². The van der Waals surface area contributed by atoms with Crippen LogP contribution in [0, 0.1) is 0 Å². The summed E-state index contributed by atoms with van der Waals surface area (Å²) >= 11 is 0. The van der Waals surface area contributed by atoms with Crippen molar-refractivity contribution in [3.8, 4) is 0 Å². The Bertz CT molecular complexity index is 425. The van der Waals surface area contributed by atoms with Crippen molar-refractivity contribution in [2.75, 3.05) is 62.5 Å². The predicted octanol–water partition coefficient (Wildman–Crippen LogP) is 0.519. The first-order valence-electron chi connectivity index (χ1n) is 7.36. The summed E-state index contributed by atoms with van der Waals surface area (Å²) in [5, 5.41) is 3.11. The number of nitrogens with one attached hydrogen (secondary N) is 1. The summed E-state index contributed by atoms with van der Waals surface area (Å²) in [7, 11) is 1.65. The molecule has 0 amide bonds. The van der Waals surface area contributed by atoms with Crippen LogP contribution in [-0.2, 0) is 9.47 Å². The van der Waals surface area contributed by atoms with Crippen LogP contribution in [0.5, 0.6) is 0 Å². The van der Waals surface area contributed by atoms with Gasteiger partial charge >= 0.3 is 0 Å². The number of nitrogens with two attached hydrogens (primary N) is 1. The average molecular weight is 296 g/mol. The second-order valence-electron chi connectivity index (χ2n) is 4.90. The number of nitrogens with zero attached hydrogens (tertiary/aromatic N) is 4. The van der Waals surface area contributed by atoms with Gasteiger partial charge in [-0.2, -0.15) is 15.0 Å². The van der Waals surface area contributed by atoms with Gasteiger partial charge in [0.1, 0.15) is 0 Å². The van der Waals surface area contributed by atoms with Crippen LogP contribution in [0.15, 0.2) is 0 Å². The summed E-state index contributed by atoms with van der Waals surface area (Å²) < 4.78 is 10.3. The SMILES string of the molecule is COCCOCCNc1nc(N)nc(N2CCCCC2)n1. The minimum Gasteiger partial charge on any atom is -0.382 e. The van der Waals surface area contributed by atoms with Crippen LogP contribution < -0.4 is 16.0 Å². The Morgan fingerprint density at radius 3 is 2.67 bits per heavy atom. The maximum absolute atomic E-state index is 5.76. The molecular weight excluding hydrogens is 272 g/mol. The molecule has 118 valence electrons. The molecule has 1 aromatic heterocycles. The fourth-order valence-corrected chi connectivity index (χ4v) is 2.17. The molecule has 2 rings (SSSR count). The predicted molar refractivity (Wildman–Crippen MR) is 81.5 cm³/mol. The van der Waals surface area contributed by atoms with E-state index in [2.05, 4.69) is 25.2 Å². The van der Waals surface area contributed by atoms with Gasteiger partial charge in [-0.15, -0.1) is 0 Å². The molecule has 0 aliphatic carbocycles. The quantitative estimate of drug-likeness (QED) is 0.670. The molecule has 0 radical (unpaired) electrons. The topological polar surface area (TPSA) is 98.4 Å². The normalized spacial score (nSPS) is 15.2. The van der Waals surface area contributed by atoms with Crippen molar-refractivity contribution < 1.29 is 9.47 Å². The van der Waals surface area contributed by atoms with Gasteiger partial charge in [-0.25, -0.2) is 0 Å². The summed E-state index contributed by atoms with van der Waals surface area (Å²) in [5.74, 6) is 1.40. The van der Waals surface area contributed by atoms with E-state index in [-0.39, 0.29) is 5.95 Å². The lowest BCUT2D eigenvalue weighted by molar-refractivity contribution is 0.0759. The zero-order valence-electron chi connectivity index (χ0n) is 12.5. The van der Waals surface area contributed by atoms with Gasteiger partial charge < -0.3 is 25.4 Å². The molecule has 3 N–H and O–H groups in total. The molecule has 1 fully saturated rings. The van der Waals surface area contributed by atoms with Crippen LogP contribution in [0.25, 0.3) is 0 Å². The van der Waals surface area contributed by atoms with Crippen molar-refractivity contribution in [2.24, 2.45) is 0 Å². The van der Waals surface area contributed by atoms with Gasteiger partial charge in [0.15, 0.2) is 0 Å². The molecule has 0 spiro atoms. The third kappa shape index (κ3) is 5.31. The summed E-state index contributed by atoms with van der Waals surface area (Å²) in [6.45, 7) is 4.31. The number of rotatable bonds is 8. The molecule has 21 heavy (non-hydrogen) atoms. The second-order valence-corrected chi connectivity index (χ2v) is 4.90. The highest BCUT2D eigenvalue weighted by molar-refractivity contribution is 5.42. The first-order chi connectivity index (χ1) is 10.3. The fourth-order valence-electron chi connectivity index (χ4n) is 2.17. The van der Waals surface area contributed by atoms with E-state index in [4.69, 9.17) is 15.2 Å². The zero-order valence-corrected chi connectivity index (χ0v) is 12.5. The number of anilines is 3. The van der Waals surface area contributed by atoms with Crippen LogP contribution in [-0.4, -0.2) is 61.5 Å². The molecular formula is C13H24N6O2. The van der Waals surface area contributed by atoms with Gasteiger partial charge in [-0.3, -0.25) is 0 Å². The zero-order chi connectivity index (χ0) is 14.9. The number of ether oxygens (including phenoxy) is 2. The summed E-state index contributed by atoms with van der Waals surface area (Å²) in [5.41, 5.74) is 5.76. The molecule has 0 bridgehead atoms. The maximum atomic E-state index is 5.76. The van der Waals surface area contributed by atoms with Crippen molar-refractivity contribution in [1.82, 2.24) is 15.0 Å². The van der Waals surface area contributed by atoms with E-state index in [9.17, 15) is 0 Å². The molecule has 0 aromatic carbocycles. The molecule has 0 atom stereocenters. The lowest BCUT2D eigenvalue weighted by atomic mass is 10.1. The Hall–Kier alpha value is -1.67. The molecule has 1 saturated heterocycles. The summed E-state index contributed by atoms with van der Waals surface area (Å²) in [4.78, 5) is 14.9. The summed E-state index contributed by atoms with van der Waals surface area (Å²) in [6.07, 6.45) is 3.60. The van der Waals surface area contributed by atoms with E-state index >= 15 is 0 Å². The Labute approximate surface area is 125 Å². The molecule has 0 unspecified atom stereocenters. The van der Waals surface area contributed by atoms with E-state index in [1.54, 1.807) is 7.11 Å². The fraction of sp³-hybridized carbons (Fsp3) is 0.769. The van der Waals surface area contributed by atoms with Crippen molar-refractivity contribution in [1.29, 1.82) is 0 Å². The van der Waals surface area contributed by atoms with E-state index in [1.165, 1.54) is 19.3 Å². The molecule has 1 aromatic rings. The highest BCUT2D eigenvalue weighted by Crippen LogP contribution is 2.17. The Kier molecular flexibility index (Phi) is 6.42. The number of nitrogen functional groups attached to an aromatic ring is 1. The highest BCUT2D eigenvalue weighted by atomic mass is 16.5. The Balaban J connectivity index is 1.83. The monoisotopic (exact) mass is 296 g/mol. The maximum Gasteiger partial charge on any atom is 0.231 e. The van der Waals surface area contributed by atoms with Gasteiger partial charge in [0, 0.05) is 26.7 Å². The van der Waals surface area contributed by atoms with Crippen molar-refractivity contribution >= 4 is 17.8 Å². The molecule has 0 saturated carbocycles. The number of methoxy groups -OCH3 is 1. The molecule has 8 heteroatoms. The van der Waals surface area contributed by atoms with Crippen molar-refractivity contribution in [3.63, 3.8) is 0 Å². The minimum absolute atomic E-state index is 0.244. The second kappa shape index (κ2) is 8.58. The average Bonchev–Trinajstić information content (AvgIpc) is 2.51. The first kappa shape index (κ1) is 15.7. The van der Waals surface area contributed by atoms with Gasteiger partial charge in [0.25, 0.3) is 0 Å². The summed E-state index contributed by atoms with van der Waals surface area (Å²) in [6, 6.07) is 0. The number of aromatic nitrogens is 3. The number of hydrogen-bond donors (Lipinski definition) is 2. The lowest BCUT2D eigenvalue weighted by Crippen LogP contribution is -2.31. The molecule has 1 aliphatic rings. The molecule has 2 heterocycles. The van der Waals surface area contributed by atoms with Gasteiger partial charge in [0.2, 0.25) is 17.8 Å². The van der Waals surface area contributed by atoms with E-state index in [0.717, 1.165) is 13.1 Å². The third-order valence-corrected chi connectivity index (χ3v) is 3.24. The van der Waals surface area contributed by atoms with Gasteiger partial charge in [-0.1, -0.05) is 0 Å².